The predicted molar refractivity (Wildman–Crippen MR) is 79.4 cm³/mol. The summed E-state index contributed by atoms with van der Waals surface area (Å²) < 4.78 is 5.24. The van der Waals surface area contributed by atoms with Crippen molar-refractivity contribution in [3.8, 4) is 5.75 Å². The molecule has 1 aliphatic rings. The molecule has 3 heteroatoms. The zero-order valence-corrected chi connectivity index (χ0v) is 12.3. The molecule has 1 aromatic carbocycles. The minimum atomic E-state index is 0.221. The molecule has 0 amide bonds. The molecule has 2 unspecified atom stereocenters. The van der Waals surface area contributed by atoms with Crippen molar-refractivity contribution in [2.75, 3.05) is 13.7 Å². The van der Waals surface area contributed by atoms with Gasteiger partial charge >= 0.3 is 0 Å². The van der Waals surface area contributed by atoms with E-state index in [1.807, 2.05) is 12.1 Å². The lowest BCUT2D eigenvalue weighted by Gasteiger charge is -2.36. The first-order valence-corrected chi connectivity index (χ1v) is 7.28. The molecule has 1 heterocycles. The highest BCUT2D eigenvalue weighted by Gasteiger charge is 2.30. The molecule has 106 valence electrons. The molecule has 0 saturated carbocycles. The number of ether oxygens (including phenoxy) is 1. The highest BCUT2D eigenvalue weighted by molar-refractivity contribution is 5.30. The van der Waals surface area contributed by atoms with Crippen molar-refractivity contribution in [2.24, 2.45) is 5.73 Å². The molecule has 1 aliphatic heterocycles. The van der Waals surface area contributed by atoms with Crippen LogP contribution in [0.1, 0.15) is 44.7 Å². The number of nitrogens with zero attached hydrogens (tertiary/aromatic N) is 1. The minimum absolute atomic E-state index is 0.221. The fourth-order valence-electron chi connectivity index (χ4n) is 3.04. The molecule has 1 aromatic rings. The van der Waals surface area contributed by atoms with Crippen LogP contribution in [0.3, 0.4) is 0 Å². The molecular formula is C16H26N2O. The van der Waals surface area contributed by atoms with Crippen LogP contribution in [0.15, 0.2) is 24.3 Å². The molecule has 0 bridgehead atoms. The molecular weight excluding hydrogens is 236 g/mol. The maximum atomic E-state index is 6.44. The number of likely N-dealkylation sites (tertiary alicyclic amines) is 1. The summed E-state index contributed by atoms with van der Waals surface area (Å²) in [6.45, 7) is 5.66. The number of hydrogen-bond donors (Lipinski definition) is 1. The Labute approximate surface area is 116 Å². The van der Waals surface area contributed by atoms with Crippen molar-refractivity contribution >= 4 is 0 Å². The molecule has 0 radical (unpaired) electrons. The van der Waals surface area contributed by atoms with Crippen molar-refractivity contribution in [3.05, 3.63) is 29.8 Å². The van der Waals surface area contributed by atoms with Gasteiger partial charge in [0.15, 0.2) is 0 Å². The quantitative estimate of drug-likeness (QED) is 0.910. The normalized spacial score (nSPS) is 25.3. The second kappa shape index (κ2) is 6.40. The summed E-state index contributed by atoms with van der Waals surface area (Å²) >= 11 is 0. The number of benzene rings is 1. The van der Waals surface area contributed by atoms with Gasteiger partial charge in [-0.05, 0) is 50.9 Å². The molecule has 1 saturated heterocycles. The van der Waals surface area contributed by atoms with E-state index in [1.54, 1.807) is 7.11 Å². The fourth-order valence-corrected chi connectivity index (χ4v) is 3.04. The van der Waals surface area contributed by atoms with E-state index in [2.05, 4.69) is 30.9 Å². The Hall–Kier alpha value is -1.06. The Bertz CT molecular complexity index is 388. The Morgan fingerprint density at radius 3 is 2.47 bits per heavy atom. The highest BCUT2D eigenvalue weighted by atomic mass is 16.5. The maximum absolute atomic E-state index is 6.44. The third kappa shape index (κ3) is 3.28. The van der Waals surface area contributed by atoms with Crippen LogP contribution in [0.4, 0.5) is 0 Å². The van der Waals surface area contributed by atoms with Gasteiger partial charge in [-0.2, -0.15) is 0 Å². The first-order chi connectivity index (χ1) is 9.13. The van der Waals surface area contributed by atoms with Gasteiger partial charge in [0, 0.05) is 12.1 Å². The Kier molecular flexibility index (Phi) is 4.83. The molecule has 2 N–H and O–H groups in total. The lowest BCUT2D eigenvalue weighted by atomic mass is 9.95. The summed E-state index contributed by atoms with van der Waals surface area (Å²) in [6, 6.07) is 9.45. The number of hydrogen-bond acceptors (Lipinski definition) is 3. The molecule has 19 heavy (non-hydrogen) atoms. The summed E-state index contributed by atoms with van der Waals surface area (Å²) in [4.78, 5) is 2.54. The Morgan fingerprint density at radius 1 is 1.21 bits per heavy atom. The molecule has 0 spiro atoms. The van der Waals surface area contributed by atoms with Crippen molar-refractivity contribution in [1.29, 1.82) is 0 Å². The zero-order valence-electron chi connectivity index (χ0n) is 12.3. The van der Waals surface area contributed by atoms with E-state index in [-0.39, 0.29) is 6.04 Å². The second-order valence-electron chi connectivity index (χ2n) is 5.71. The Balaban J connectivity index is 2.28. The van der Waals surface area contributed by atoms with Crippen molar-refractivity contribution in [2.45, 2.75) is 51.2 Å². The van der Waals surface area contributed by atoms with Crippen LogP contribution < -0.4 is 10.5 Å². The average molecular weight is 262 g/mol. The van der Waals surface area contributed by atoms with Gasteiger partial charge in [-0.3, -0.25) is 4.90 Å². The molecule has 3 nitrogen and oxygen atoms in total. The molecule has 0 aliphatic carbocycles. The first kappa shape index (κ1) is 14.4. The van der Waals surface area contributed by atoms with Crippen molar-refractivity contribution in [1.82, 2.24) is 4.90 Å². The van der Waals surface area contributed by atoms with Crippen LogP contribution >= 0.6 is 0 Å². The molecule has 2 atom stereocenters. The van der Waals surface area contributed by atoms with Gasteiger partial charge < -0.3 is 10.5 Å². The van der Waals surface area contributed by atoms with Crippen LogP contribution in [0, 0.1) is 0 Å². The van der Waals surface area contributed by atoms with Crippen LogP contribution in [0.5, 0.6) is 5.75 Å². The summed E-state index contributed by atoms with van der Waals surface area (Å²) in [6.07, 6.45) is 3.59. The fraction of sp³-hybridized carbons (Fsp3) is 0.625. The number of rotatable bonds is 3. The van der Waals surface area contributed by atoms with E-state index in [0.29, 0.717) is 12.1 Å². The van der Waals surface area contributed by atoms with Crippen LogP contribution in [-0.2, 0) is 0 Å². The lowest BCUT2D eigenvalue weighted by molar-refractivity contribution is 0.144. The Morgan fingerprint density at radius 2 is 1.89 bits per heavy atom. The number of methoxy groups -OCH3 is 1. The standard InChI is InChI=1S/C16H26N2O/c1-12(2)18-11-5-4-6-15(17)16(18)13-7-9-14(19-3)10-8-13/h7-10,12,15-16H,4-6,11,17H2,1-3H3. The summed E-state index contributed by atoms with van der Waals surface area (Å²) in [5.74, 6) is 0.905. The second-order valence-corrected chi connectivity index (χ2v) is 5.71. The summed E-state index contributed by atoms with van der Waals surface area (Å²) in [5.41, 5.74) is 7.75. The molecule has 0 aromatic heterocycles. The van der Waals surface area contributed by atoms with Gasteiger partial charge in [-0.1, -0.05) is 18.6 Å². The summed E-state index contributed by atoms with van der Waals surface area (Å²) in [7, 11) is 1.70. The van der Waals surface area contributed by atoms with Gasteiger partial charge in [0.1, 0.15) is 5.75 Å². The van der Waals surface area contributed by atoms with E-state index < -0.39 is 0 Å². The third-order valence-electron chi connectivity index (χ3n) is 4.09. The van der Waals surface area contributed by atoms with E-state index in [9.17, 15) is 0 Å². The largest absolute Gasteiger partial charge is 0.497 e. The van der Waals surface area contributed by atoms with Crippen LogP contribution in [-0.4, -0.2) is 30.6 Å². The van der Waals surface area contributed by atoms with E-state index in [1.165, 1.54) is 18.4 Å². The van der Waals surface area contributed by atoms with Crippen LogP contribution in [0.2, 0.25) is 0 Å². The van der Waals surface area contributed by atoms with Crippen LogP contribution in [0.25, 0.3) is 0 Å². The summed E-state index contributed by atoms with van der Waals surface area (Å²) in [5, 5.41) is 0. The van der Waals surface area contributed by atoms with Gasteiger partial charge in [0.2, 0.25) is 0 Å². The topological polar surface area (TPSA) is 38.5 Å². The van der Waals surface area contributed by atoms with E-state index in [0.717, 1.165) is 18.7 Å². The van der Waals surface area contributed by atoms with Gasteiger partial charge in [-0.25, -0.2) is 0 Å². The van der Waals surface area contributed by atoms with Gasteiger partial charge in [0.05, 0.1) is 13.2 Å². The van der Waals surface area contributed by atoms with Crippen molar-refractivity contribution < 1.29 is 4.74 Å². The predicted octanol–water partition coefficient (Wildman–Crippen LogP) is 2.96. The minimum Gasteiger partial charge on any atom is -0.497 e. The highest BCUT2D eigenvalue weighted by Crippen LogP contribution is 2.31. The smallest absolute Gasteiger partial charge is 0.118 e. The molecule has 2 rings (SSSR count). The van der Waals surface area contributed by atoms with Gasteiger partial charge in [0.25, 0.3) is 0 Å². The average Bonchev–Trinajstić information content (AvgIpc) is 2.61. The van der Waals surface area contributed by atoms with E-state index in [4.69, 9.17) is 10.5 Å². The molecule has 1 fully saturated rings. The SMILES string of the molecule is COc1ccc(C2C(N)CCCCN2C(C)C)cc1. The van der Waals surface area contributed by atoms with Crippen molar-refractivity contribution in [3.63, 3.8) is 0 Å². The zero-order chi connectivity index (χ0) is 13.8. The van der Waals surface area contributed by atoms with E-state index >= 15 is 0 Å². The maximum Gasteiger partial charge on any atom is 0.118 e. The monoisotopic (exact) mass is 262 g/mol. The lowest BCUT2D eigenvalue weighted by Crippen LogP contribution is -2.43. The van der Waals surface area contributed by atoms with Gasteiger partial charge in [-0.15, -0.1) is 0 Å². The third-order valence-corrected chi connectivity index (χ3v) is 4.09. The first-order valence-electron chi connectivity index (χ1n) is 7.28. The number of nitrogens with two attached hydrogens (primary N) is 1.